The Bertz CT molecular complexity index is 977. The largest absolute Gasteiger partial charge is 0.471 e. The molecule has 0 atom stereocenters. The Hall–Kier alpha value is -2.64. The number of benzene rings is 2. The van der Waals surface area contributed by atoms with Crippen molar-refractivity contribution in [1.29, 1.82) is 0 Å². The topological polar surface area (TPSA) is 50.6 Å². The van der Waals surface area contributed by atoms with Crippen LogP contribution >= 0.6 is 15.9 Å². The van der Waals surface area contributed by atoms with E-state index in [2.05, 4.69) is 57.1 Å². The highest BCUT2D eigenvalue weighted by molar-refractivity contribution is 9.10. The number of aromatic nitrogens is 2. The molecule has 1 amide bonds. The molecule has 0 saturated carbocycles. The fourth-order valence-corrected chi connectivity index (χ4v) is 3.71. The maximum absolute atomic E-state index is 12.8. The Morgan fingerprint density at radius 3 is 2.40 bits per heavy atom. The molecule has 3 aromatic rings. The average molecular weight is 469 g/mol. The SMILES string of the molecule is Cc1ccc(CN2CCN(C(=O)c3ccn(COc4ccc(Br)cc4)n3)CC2)cc1. The Morgan fingerprint density at radius 1 is 1.00 bits per heavy atom. The highest BCUT2D eigenvalue weighted by Crippen LogP contribution is 2.17. The number of carbonyl (C=O) groups is 1. The van der Waals surface area contributed by atoms with E-state index < -0.39 is 0 Å². The number of rotatable bonds is 6. The number of ether oxygens (including phenoxy) is 1. The van der Waals surface area contributed by atoms with Gasteiger partial charge in [0.1, 0.15) is 5.75 Å². The standard InChI is InChI=1S/C23H25BrN4O2/c1-18-2-4-19(5-3-18)16-26-12-14-27(15-13-26)23(29)22-10-11-28(25-22)17-30-21-8-6-20(24)7-9-21/h2-11H,12-17H2,1H3. The molecule has 2 aromatic carbocycles. The molecule has 2 heterocycles. The first-order valence-electron chi connectivity index (χ1n) is 10.1. The maximum Gasteiger partial charge on any atom is 0.274 e. The zero-order valence-corrected chi connectivity index (χ0v) is 18.6. The molecule has 1 fully saturated rings. The van der Waals surface area contributed by atoms with Gasteiger partial charge < -0.3 is 9.64 Å². The van der Waals surface area contributed by atoms with Gasteiger partial charge in [0, 0.05) is 43.4 Å². The summed E-state index contributed by atoms with van der Waals surface area (Å²) >= 11 is 3.40. The normalized spacial score (nSPS) is 14.7. The van der Waals surface area contributed by atoms with Crippen LogP contribution in [0.3, 0.4) is 0 Å². The molecule has 0 radical (unpaired) electrons. The van der Waals surface area contributed by atoms with E-state index in [0.717, 1.165) is 29.9 Å². The molecule has 30 heavy (non-hydrogen) atoms. The lowest BCUT2D eigenvalue weighted by Crippen LogP contribution is -2.48. The first-order valence-corrected chi connectivity index (χ1v) is 10.8. The van der Waals surface area contributed by atoms with E-state index in [1.54, 1.807) is 16.9 Å². The Morgan fingerprint density at radius 2 is 1.70 bits per heavy atom. The van der Waals surface area contributed by atoms with Crippen LogP contribution in [0.15, 0.2) is 65.3 Å². The van der Waals surface area contributed by atoms with Crippen molar-refractivity contribution in [3.05, 3.63) is 82.1 Å². The monoisotopic (exact) mass is 468 g/mol. The van der Waals surface area contributed by atoms with Crippen LogP contribution in [-0.2, 0) is 13.3 Å². The number of hydrogen-bond acceptors (Lipinski definition) is 4. The van der Waals surface area contributed by atoms with Crippen molar-refractivity contribution in [2.45, 2.75) is 20.2 Å². The second-order valence-corrected chi connectivity index (χ2v) is 8.44. The fraction of sp³-hybridized carbons (Fsp3) is 0.304. The molecule has 0 N–H and O–H groups in total. The average Bonchev–Trinajstić information content (AvgIpc) is 3.24. The third-order valence-corrected chi connectivity index (χ3v) is 5.75. The van der Waals surface area contributed by atoms with Gasteiger partial charge in [0.25, 0.3) is 5.91 Å². The van der Waals surface area contributed by atoms with Gasteiger partial charge in [0.15, 0.2) is 12.4 Å². The van der Waals surface area contributed by atoms with Gasteiger partial charge in [-0.25, -0.2) is 4.68 Å². The Balaban J connectivity index is 1.27. The number of amides is 1. The van der Waals surface area contributed by atoms with E-state index in [9.17, 15) is 4.79 Å². The van der Waals surface area contributed by atoms with Gasteiger partial charge in [-0.15, -0.1) is 0 Å². The van der Waals surface area contributed by atoms with E-state index >= 15 is 0 Å². The van der Waals surface area contributed by atoms with Crippen LogP contribution in [-0.4, -0.2) is 51.7 Å². The summed E-state index contributed by atoms with van der Waals surface area (Å²) in [5.74, 6) is 0.735. The van der Waals surface area contributed by atoms with Crippen molar-refractivity contribution in [3.8, 4) is 5.75 Å². The van der Waals surface area contributed by atoms with E-state index in [0.29, 0.717) is 18.8 Å². The maximum atomic E-state index is 12.8. The van der Waals surface area contributed by atoms with Gasteiger partial charge in [0.05, 0.1) is 0 Å². The second kappa shape index (κ2) is 9.45. The van der Waals surface area contributed by atoms with E-state index in [1.165, 1.54) is 11.1 Å². The van der Waals surface area contributed by atoms with Gasteiger partial charge in [-0.3, -0.25) is 9.69 Å². The first-order chi connectivity index (χ1) is 14.6. The molecule has 156 valence electrons. The molecule has 0 aliphatic carbocycles. The van der Waals surface area contributed by atoms with E-state index in [1.807, 2.05) is 29.2 Å². The van der Waals surface area contributed by atoms with Crippen LogP contribution < -0.4 is 4.74 Å². The highest BCUT2D eigenvalue weighted by atomic mass is 79.9. The summed E-state index contributed by atoms with van der Waals surface area (Å²) in [7, 11) is 0. The molecular weight excluding hydrogens is 444 g/mol. The third kappa shape index (κ3) is 5.29. The lowest BCUT2D eigenvalue weighted by atomic mass is 10.1. The number of halogens is 1. The third-order valence-electron chi connectivity index (χ3n) is 5.22. The van der Waals surface area contributed by atoms with Crippen molar-refractivity contribution in [2.24, 2.45) is 0 Å². The minimum absolute atomic E-state index is 0.0209. The van der Waals surface area contributed by atoms with Gasteiger partial charge in [0.2, 0.25) is 0 Å². The van der Waals surface area contributed by atoms with Crippen molar-refractivity contribution in [3.63, 3.8) is 0 Å². The summed E-state index contributed by atoms with van der Waals surface area (Å²) in [6, 6.07) is 18.0. The molecule has 1 aliphatic heterocycles. The number of piperazine rings is 1. The van der Waals surface area contributed by atoms with Crippen LogP contribution in [0.2, 0.25) is 0 Å². The fourth-order valence-electron chi connectivity index (χ4n) is 3.44. The molecule has 1 aromatic heterocycles. The van der Waals surface area contributed by atoms with Gasteiger partial charge in [-0.2, -0.15) is 5.10 Å². The van der Waals surface area contributed by atoms with Gasteiger partial charge >= 0.3 is 0 Å². The lowest BCUT2D eigenvalue weighted by molar-refractivity contribution is 0.0621. The molecule has 6 nitrogen and oxygen atoms in total. The zero-order chi connectivity index (χ0) is 20.9. The van der Waals surface area contributed by atoms with Gasteiger partial charge in [-0.05, 0) is 42.8 Å². The molecular formula is C23H25BrN4O2. The zero-order valence-electron chi connectivity index (χ0n) is 17.0. The quantitative estimate of drug-likeness (QED) is 0.549. The molecule has 0 bridgehead atoms. The smallest absolute Gasteiger partial charge is 0.274 e. The predicted molar refractivity (Wildman–Crippen MR) is 119 cm³/mol. The number of aryl methyl sites for hydroxylation is 1. The van der Waals surface area contributed by atoms with Crippen LogP contribution in [0.25, 0.3) is 0 Å². The highest BCUT2D eigenvalue weighted by Gasteiger charge is 2.23. The van der Waals surface area contributed by atoms with Crippen LogP contribution in [0.1, 0.15) is 21.6 Å². The minimum atomic E-state index is -0.0209. The summed E-state index contributed by atoms with van der Waals surface area (Å²) in [6.45, 7) is 6.45. The van der Waals surface area contributed by atoms with Crippen LogP contribution in [0.5, 0.6) is 5.75 Å². The molecule has 1 aliphatic rings. The lowest BCUT2D eigenvalue weighted by Gasteiger charge is -2.34. The van der Waals surface area contributed by atoms with Crippen LogP contribution in [0.4, 0.5) is 0 Å². The second-order valence-electron chi connectivity index (χ2n) is 7.52. The van der Waals surface area contributed by atoms with Crippen molar-refractivity contribution < 1.29 is 9.53 Å². The molecule has 0 spiro atoms. The minimum Gasteiger partial charge on any atom is -0.471 e. The summed E-state index contributed by atoms with van der Waals surface area (Å²) < 4.78 is 8.35. The van der Waals surface area contributed by atoms with E-state index in [-0.39, 0.29) is 12.6 Å². The number of hydrogen-bond donors (Lipinski definition) is 0. The Kier molecular flexibility index (Phi) is 6.50. The summed E-state index contributed by atoms with van der Waals surface area (Å²) in [4.78, 5) is 17.1. The summed E-state index contributed by atoms with van der Waals surface area (Å²) in [5.41, 5.74) is 3.04. The predicted octanol–water partition coefficient (Wildman–Crippen LogP) is 3.95. The molecule has 0 unspecified atom stereocenters. The van der Waals surface area contributed by atoms with Crippen molar-refractivity contribution >= 4 is 21.8 Å². The first kappa shape index (κ1) is 20.6. The number of nitrogens with zero attached hydrogens (tertiary/aromatic N) is 4. The molecule has 7 heteroatoms. The molecule has 4 rings (SSSR count). The summed E-state index contributed by atoms with van der Waals surface area (Å²) in [6.07, 6.45) is 1.78. The Labute approximate surface area is 185 Å². The van der Waals surface area contributed by atoms with E-state index in [4.69, 9.17) is 4.74 Å². The summed E-state index contributed by atoms with van der Waals surface area (Å²) in [5, 5.41) is 4.39. The van der Waals surface area contributed by atoms with Crippen molar-refractivity contribution in [2.75, 3.05) is 26.2 Å². The van der Waals surface area contributed by atoms with Crippen molar-refractivity contribution in [1.82, 2.24) is 19.6 Å². The van der Waals surface area contributed by atoms with Crippen LogP contribution in [0, 0.1) is 6.92 Å². The molecule has 1 saturated heterocycles. The van der Waals surface area contributed by atoms with Gasteiger partial charge in [-0.1, -0.05) is 45.8 Å². The number of carbonyl (C=O) groups excluding carboxylic acids is 1.